The number of amides is 1. The summed E-state index contributed by atoms with van der Waals surface area (Å²) in [5, 5.41) is 3.97. The summed E-state index contributed by atoms with van der Waals surface area (Å²) in [5.74, 6) is -0.231. The van der Waals surface area contributed by atoms with E-state index in [1.165, 1.54) is 0 Å². The van der Waals surface area contributed by atoms with Gasteiger partial charge in [0.05, 0.1) is 6.21 Å². The molecule has 1 N–H and O–H groups in total. The quantitative estimate of drug-likeness (QED) is 0.674. The van der Waals surface area contributed by atoms with Crippen LogP contribution in [-0.2, 0) is 0 Å². The molecule has 0 bridgehead atoms. The minimum absolute atomic E-state index is 0.231. The first-order valence-corrected chi connectivity index (χ1v) is 7.12. The van der Waals surface area contributed by atoms with E-state index in [9.17, 15) is 4.79 Å². The lowest BCUT2D eigenvalue weighted by molar-refractivity contribution is 0.0955. The van der Waals surface area contributed by atoms with Gasteiger partial charge >= 0.3 is 0 Å². The molecule has 1 amide bonds. The van der Waals surface area contributed by atoms with E-state index in [2.05, 4.69) is 44.9 Å². The van der Waals surface area contributed by atoms with Gasteiger partial charge in [-0.2, -0.15) is 5.10 Å². The number of carbonyl (C=O) groups excluding carboxylic acids is 1. The molecule has 0 spiro atoms. The van der Waals surface area contributed by atoms with E-state index in [1.54, 1.807) is 18.3 Å². The molecule has 5 heteroatoms. The summed E-state index contributed by atoms with van der Waals surface area (Å²) in [6.45, 7) is 4.21. The predicted molar refractivity (Wildman–Crippen MR) is 84.0 cm³/mol. The molecule has 0 fully saturated rings. The Hall–Kier alpha value is -1.88. The smallest absolute Gasteiger partial charge is 0.271 e. The van der Waals surface area contributed by atoms with Crippen molar-refractivity contribution in [1.29, 1.82) is 0 Å². The molecule has 2 rings (SSSR count). The molecule has 1 aromatic carbocycles. The van der Waals surface area contributed by atoms with Crippen LogP contribution in [0.4, 0.5) is 0 Å². The number of hydrazone groups is 1. The average molecular weight is 334 g/mol. The van der Waals surface area contributed by atoms with Crippen LogP contribution in [0, 0.1) is 0 Å². The summed E-state index contributed by atoms with van der Waals surface area (Å²) < 4.78 is 2.94. The summed E-state index contributed by atoms with van der Waals surface area (Å²) in [5.41, 5.74) is 4.03. The van der Waals surface area contributed by atoms with Gasteiger partial charge in [0.2, 0.25) is 0 Å². The lowest BCUT2D eigenvalue weighted by Gasteiger charge is -2.04. The van der Waals surface area contributed by atoms with E-state index in [1.807, 2.05) is 30.6 Å². The summed E-state index contributed by atoms with van der Waals surface area (Å²) in [4.78, 5) is 11.8. The second kappa shape index (κ2) is 6.52. The number of rotatable bonds is 4. The molecule has 104 valence electrons. The van der Waals surface area contributed by atoms with Gasteiger partial charge in [-0.05, 0) is 38.1 Å². The third-order valence-corrected chi connectivity index (χ3v) is 3.29. The van der Waals surface area contributed by atoms with Crippen LogP contribution >= 0.6 is 15.9 Å². The maximum Gasteiger partial charge on any atom is 0.271 e. The third kappa shape index (κ3) is 3.81. The first-order valence-electron chi connectivity index (χ1n) is 6.32. The van der Waals surface area contributed by atoms with Crippen molar-refractivity contribution in [3.63, 3.8) is 0 Å². The average Bonchev–Trinajstić information content (AvgIpc) is 2.87. The summed E-state index contributed by atoms with van der Waals surface area (Å²) >= 11 is 3.33. The van der Waals surface area contributed by atoms with Gasteiger partial charge in [0.25, 0.3) is 5.91 Å². The fraction of sp³-hybridized carbons (Fsp3) is 0.200. The Kier molecular flexibility index (Phi) is 4.74. The number of nitrogens with zero attached hydrogens (tertiary/aromatic N) is 2. The third-order valence-electron chi connectivity index (χ3n) is 2.80. The van der Waals surface area contributed by atoms with Crippen molar-refractivity contribution >= 4 is 28.1 Å². The maximum atomic E-state index is 11.8. The number of aromatic nitrogens is 1. The van der Waals surface area contributed by atoms with Gasteiger partial charge in [0, 0.05) is 34.0 Å². The monoisotopic (exact) mass is 333 g/mol. The molecule has 0 aliphatic rings. The number of carbonyl (C=O) groups is 1. The van der Waals surface area contributed by atoms with E-state index >= 15 is 0 Å². The molecule has 20 heavy (non-hydrogen) atoms. The van der Waals surface area contributed by atoms with E-state index < -0.39 is 0 Å². The van der Waals surface area contributed by atoms with Gasteiger partial charge in [0.15, 0.2) is 0 Å². The highest BCUT2D eigenvalue weighted by Crippen LogP contribution is 2.11. The maximum absolute atomic E-state index is 11.8. The summed E-state index contributed by atoms with van der Waals surface area (Å²) in [6, 6.07) is 9.54. The van der Waals surface area contributed by atoms with Crippen LogP contribution in [0.1, 0.15) is 35.8 Å². The van der Waals surface area contributed by atoms with E-state index in [0.29, 0.717) is 11.6 Å². The Morgan fingerprint density at radius 3 is 2.85 bits per heavy atom. The normalized spacial score (nSPS) is 11.2. The Balaban J connectivity index is 1.97. The number of halogens is 1. The predicted octanol–water partition coefficient (Wildman–Crippen LogP) is 3.60. The van der Waals surface area contributed by atoms with E-state index in [-0.39, 0.29) is 5.91 Å². The Labute approximate surface area is 126 Å². The number of hydrogen-bond donors (Lipinski definition) is 1. The van der Waals surface area contributed by atoms with Gasteiger partial charge in [-0.3, -0.25) is 4.79 Å². The zero-order valence-corrected chi connectivity index (χ0v) is 13.0. The molecule has 1 aromatic heterocycles. The molecule has 0 saturated heterocycles. The molecule has 4 nitrogen and oxygen atoms in total. The largest absolute Gasteiger partial charge is 0.351 e. The molecular weight excluding hydrogens is 318 g/mol. The van der Waals surface area contributed by atoms with Gasteiger partial charge in [0.1, 0.15) is 0 Å². The zero-order chi connectivity index (χ0) is 14.5. The molecule has 0 atom stereocenters. The van der Waals surface area contributed by atoms with Crippen molar-refractivity contribution in [2.45, 2.75) is 19.9 Å². The minimum Gasteiger partial charge on any atom is -0.351 e. The fourth-order valence-corrected chi connectivity index (χ4v) is 2.09. The second-order valence-electron chi connectivity index (χ2n) is 4.70. The highest BCUT2D eigenvalue weighted by molar-refractivity contribution is 9.10. The van der Waals surface area contributed by atoms with Gasteiger partial charge < -0.3 is 4.57 Å². The van der Waals surface area contributed by atoms with Crippen molar-refractivity contribution in [3.8, 4) is 0 Å². The zero-order valence-electron chi connectivity index (χ0n) is 11.4. The van der Waals surface area contributed by atoms with Crippen LogP contribution in [0.5, 0.6) is 0 Å². The first-order chi connectivity index (χ1) is 9.56. The van der Waals surface area contributed by atoms with E-state index in [4.69, 9.17) is 0 Å². The molecule has 0 aliphatic heterocycles. The number of hydrogen-bond acceptors (Lipinski definition) is 2. The topological polar surface area (TPSA) is 46.4 Å². The lowest BCUT2D eigenvalue weighted by Crippen LogP contribution is -2.17. The van der Waals surface area contributed by atoms with Crippen molar-refractivity contribution in [3.05, 3.63) is 58.3 Å². The highest BCUT2D eigenvalue weighted by Gasteiger charge is 2.04. The van der Waals surface area contributed by atoms with Crippen LogP contribution in [0.2, 0.25) is 0 Å². The highest BCUT2D eigenvalue weighted by atomic mass is 79.9. The fourth-order valence-electron chi connectivity index (χ4n) is 1.69. The van der Waals surface area contributed by atoms with Crippen molar-refractivity contribution in [1.82, 2.24) is 9.99 Å². The Bertz CT molecular complexity index is 632. The standard InChI is InChI=1S/C15H16BrN3O/c1-11(2)19-7-6-12(10-19)9-17-18-15(20)13-4-3-5-14(16)8-13/h3-11H,1-2H3,(H,18,20)/b17-9-. The van der Waals surface area contributed by atoms with Crippen LogP contribution in [0.15, 0.2) is 52.3 Å². The van der Waals surface area contributed by atoms with Gasteiger partial charge in [-0.25, -0.2) is 5.43 Å². The van der Waals surface area contributed by atoms with E-state index in [0.717, 1.165) is 10.0 Å². The summed E-state index contributed by atoms with van der Waals surface area (Å²) in [6.07, 6.45) is 5.61. The first kappa shape index (κ1) is 14.5. The van der Waals surface area contributed by atoms with Gasteiger partial charge in [-0.1, -0.05) is 22.0 Å². The molecule has 0 aliphatic carbocycles. The Morgan fingerprint density at radius 2 is 2.20 bits per heavy atom. The van der Waals surface area contributed by atoms with Crippen molar-refractivity contribution in [2.75, 3.05) is 0 Å². The Morgan fingerprint density at radius 1 is 1.40 bits per heavy atom. The molecular formula is C15H16BrN3O. The number of nitrogens with one attached hydrogen (secondary N) is 1. The van der Waals surface area contributed by atoms with Crippen LogP contribution < -0.4 is 5.43 Å². The molecule has 0 saturated carbocycles. The van der Waals surface area contributed by atoms with Crippen molar-refractivity contribution < 1.29 is 4.79 Å². The molecule has 0 radical (unpaired) electrons. The molecule has 2 aromatic rings. The molecule has 0 unspecified atom stereocenters. The van der Waals surface area contributed by atoms with Crippen molar-refractivity contribution in [2.24, 2.45) is 5.10 Å². The lowest BCUT2D eigenvalue weighted by atomic mass is 10.2. The van der Waals surface area contributed by atoms with Crippen LogP contribution in [0.3, 0.4) is 0 Å². The number of benzene rings is 1. The minimum atomic E-state index is -0.231. The van der Waals surface area contributed by atoms with Gasteiger partial charge in [-0.15, -0.1) is 0 Å². The van der Waals surface area contributed by atoms with Crippen LogP contribution in [-0.4, -0.2) is 16.7 Å². The molecule has 1 heterocycles. The SMILES string of the molecule is CC(C)n1ccc(/C=N\NC(=O)c2cccc(Br)c2)c1. The second-order valence-corrected chi connectivity index (χ2v) is 5.61. The van der Waals surface area contributed by atoms with Crippen LogP contribution in [0.25, 0.3) is 0 Å². The summed E-state index contributed by atoms with van der Waals surface area (Å²) in [7, 11) is 0.